The van der Waals surface area contributed by atoms with E-state index in [2.05, 4.69) is 9.55 Å². The first-order chi connectivity index (χ1) is 9.10. The van der Waals surface area contributed by atoms with Crippen molar-refractivity contribution >= 4 is 5.97 Å². The number of nitrogens with zero attached hydrogens (tertiary/aromatic N) is 2. The van der Waals surface area contributed by atoms with E-state index in [1.54, 1.807) is 0 Å². The van der Waals surface area contributed by atoms with E-state index in [9.17, 15) is 9.90 Å². The number of ether oxygens (including phenoxy) is 1. The van der Waals surface area contributed by atoms with Crippen molar-refractivity contribution in [3.8, 4) is 0 Å². The molecule has 0 saturated carbocycles. The van der Waals surface area contributed by atoms with Crippen LogP contribution in [0.3, 0.4) is 0 Å². The standard InChI is InChI=1S/C14H22N2O3/c1-9(2)12(14(18)19-3)13-15-10(8-17)11-6-4-5-7-16(11)13/h9,12,17H,4-8H2,1-3H3. The van der Waals surface area contributed by atoms with Gasteiger partial charge in [0.25, 0.3) is 0 Å². The molecular formula is C14H22N2O3. The van der Waals surface area contributed by atoms with Crippen molar-refractivity contribution in [1.82, 2.24) is 9.55 Å². The number of rotatable bonds is 4. The van der Waals surface area contributed by atoms with E-state index in [1.165, 1.54) is 7.11 Å². The number of hydrogen-bond acceptors (Lipinski definition) is 4. The zero-order valence-corrected chi connectivity index (χ0v) is 11.8. The Bertz CT molecular complexity index is 466. The van der Waals surface area contributed by atoms with Gasteiger partial charge in [-0.2, -0.15) is 0 Å². The fourth-order valence-corrected chi connectivity index (χ4v) is 2.82. The van der Waals surface area contributed by atoms with E-state index in [0.717, 1.165) is 37.3 Å². The molecule has 2 heterocycles. The van der Waals surface area contributed by atoms with Crippen molar-refractivity contribution < 1.29 is 14.6 Å². The molecule has 1 atom stereocenters. The summed E-state index contributed by atoms with van der Waals surface area (Å²) in [6, 6.07) is 0. The number of imidazole rings is 1. The van der Waals surface area contributed by atoms with Gasteiger partial charge in [-0.1, -0.05) is 13.8 Å². The lowest BCUT2D eigenvalue weighted by Gasteiger charge is -2.22. The molecule has 0 saturated heterocycles. The van der Waals surface area contributed by atoms with E-state index in [-0.39, 0.29) is 24.4 Å². The molecule has 0 bridgehead atoms. The summed E-state index contributed by atoms with van der Waals surface area (Å²) in [6.07, 6.45) is 3.13. The third kappa shape index (κ3) is 2.52. The van der Waals surface area contributed by atoms with Crippen LogP contribution < -0.4 is 0 Å². The van der Waals surface area contributed by atoms with Gasteiger partial charge in [-0.05, 0) is 25.2 Å². The minimum Gasteiger partial charge on any atom is -0.468 e. The molecule has 0 radical (unpaired) electrons. The van der Waals surface area contributed by atoms with Gasteiger partial charge in [0.05, 0.1) is 19.4 Å². The van der Waals surface area contributed by atoms with Crippen molar-refractivity contribution in [2.24, 2.45) is 5.92 Å². The van der Waals surface area contributed by atoms with Crippen LogP contribution in [-0.2, 0) is 29.1 Å². The molecule has 0 fully saturated rings. The van der Waals surface area contributed by atoms with E-state index in [0.29, 0.717) is 5.69 Å². The molecule has 19 heavy (non-hydrogen) atoms. The average Bonchev–Trinajstić information content (AvgIpc) is 2.77. The van der Waals surface area contributed by atoms with E-state index in [4.69, 9.17) is 4.74 Å². The maximum absolute atomic E-state index is 12.0. The fourth-order valence-electron chi connectivity index (χ4n) is 2.82. The van der Waals surface area contributed by atoms with E-state index in [1.807, 2.05) is 13.8 Å². The molecular weight excluding hydrogens is 244 g/mol. The quantitative estimate of drug-likeness (QED) is 0.841. The molecule has 1 aromatic rings. The third-order valence-electron chi connectivity index (χ3n) is 3.78. The van der Waals surface area contributed by atoms with Gasteiger partial charge in [-0.25, -0.2) is 4.98 Å². The molecule has 1 aliphatic heterocycles. The topological polar surface area (TPSA) is 64.3 Å². The summed E-state index contributed by atoms with van der Waals surface area (Å²) in [5, 5.41) is 9.43. The van der Waals surface area contributed by atoms with E-state index < -0.39 is 0 Å². The Kier molecular flexibility index (Phi) is 4.24. The highest BCUT2D eigenvalue weighted by Crippen LogP contribution is 2.30. The van der Waals surface area contributed by atoms with Crippen LogP contribution in [0.15, 0.2) is 0 Å². The lowest BCUT2D eigenvalue weighted by molar-refractivity contribution is -0.143. The van der Waals surface area contributed by atoms with Gasteiger partial charge in [0.15, 0.2) is 0 Å². The molecule has 2 rings (SSSR count). The van der Waals surface area contributed by atoms with Crippen molar-refractivity contribution in [3.05, 3.63) is 17.2 Å². The number of aliphatic hydroxyl groups is 1. The van der Waals surface area contributed by atoms with Gasteiger partial charge < -0.3 is 14.4 Å². The first kappa shape index (κ1) is 14.1. The normalized spacial score (nSPS) is 16.3. The summed E-state index contributed by atoms with van der Waals surface area (Å²) in [5.41, 5.74) is 1.79. The second kappa shape index (κ2) is 5.74. The first-order valence-electron chi connectivity index (χ1n) is 6.87. The Morgan fingerprint density at radius 2 is 2.21 bits per heavy atom. The average molecular weight is 266 g/mol. The predicted octanol–water partition coefficient (Wildman–Crippen LogP) is 1.62. The molecule has 1 unspecified atom stereocenters. The van der Waals surface area contributed by atoms with Crippen LogP contribution in [0.25, 0.3) is 0 Å². The van der Waals surface area contributed by atoms with Crippen LogP contribution in [-0.4, -0.2) is 27.7 Å². The maximum Gasteiger partial charge on any atom is 0.316 e. The zero-order valence-electron chi connectivity index (χ0n) is 11.8. The van der Waals surface area contributed by atoms with Gasteiger partial charge >= 0.3 is 5.97 Å². The van der Waals surface area contributed by atoms with Crippen molar-refractivity contribution in [1.29, 1.82) is 0 Å². The molecule has 1 aromatic heterocycles. The highest BCUT2D eigenvalue weighted by molar-refractivity contribution is 5.77. The number of aromatic nitrogens is 2. The van der Waals surface area contributed by atoms with Crippen molar-refractivity contribution in [2.45, 2.75) is 52.2 Å². The maximum atomic E-state index is 12.0. The third-order valence-corrected chi connectivity index (χ3v) is 3.78. The number of fused-ring (bicyclic) bond motifs is 1. The monoisotopic (exact) mass is 266 g/mol. The minimum atomic E-state index is -0.359. The second-order valence-electron chi connectivity index (χ2n) is 5.38. The molecule has 0 aliphatic carbocycles. The van der Waals surface area contributed by atoms with Crippen LogP contribution in [0.2, 0.25) is 0 Å². The zero-order chi connectivity index (χ0) is 14.0. The van der Waals surface area contributed by atoms with Gasteiger partial charge in [0, 0.05) is 12.2 Å². The number of aliphatic hydroxyl groups excluding tert-OH is 1. The van der Waals surface area contributed by atoms with Gasteiger partial charge in [-0.15, -0.1) is 0 Å². The summed E-state index contributed by atoms with van der Waals surface area (Å²) in [4.78, 5) is 16.5. The van der Waals surface area contributed by atoms with Gasteiger partial charge in [0.2, 0.25) is 0 Å². The number of carbonyl (C=O) groups excluding carboxylic acids is 1. The Balaban J connectivity index is 2.48. The highest BCUT2D eigenvalue weighted by Gasteiger charge is 2.32. The van der Waals surface area contributed by atoms with Crippen molar-refractivity contribution in [2.75, 3.05) is 7.11 Å². The lowest BCUT2D eigenvalue weighted by Crippen LogP contribution is -2.25. The highest BCUT2D eigenvalue weighted by atomic mass is 16.5. The Morgan fingerprint density at radius 3 is 2.79 bits per heavy atom. The second-order valence-corrected chi connectivity index (χ2v) is 5.38. The smallest absolute Gasteiger partial charge is 0.316 e. The number of carbonyl (C=O) groups is 1. The van der Waals surface area contributed by atoms with Gasteiger partial charge in [0.1, 0.15) is 11.7 Å². The van der Waals surface area contributed by atoms with Crippen LogP contribution >= 0.6 is 0 Å². The van der Waals surface area contributed by atoms with Crippen LogP contribution in [0, 0.1) is 5.92 Å². The Morgan fingerprint density at radius 1 is 1.47 bits per heavy atom. The summed E-state index contributed by atoms with van der Waals surface area (Å²) < 4.78 is 7.02. The predicted molar refractivity (Wildman–Crippen MR) is 70.7 cm³/mol. The SMILES string of the molecule is COC(=O)C(c1nc(CO)c2n1CCCC2)C(C)C. The van der Waals surface area contributed by atoms with Crippen LogP contribution in [0.1, 0.15) is 49.8 Å². The molecule has 1 N–H and O–H groups in total. The summed E-state index contributed by atoms with van der Waals surface area (Å²) in [5.74, 6) is 0.257. The number of hydrogen-bond donors (Lipinski definition) is 1. The summed E-state index contributed by atoms with van der Waals surface area (Å²) in [7, 11) is 1.41. The molecule has 5 nitrogen and oxygen atoms in total. The van der Waals surface area contributed by atoms with E-state index >= 15 is 0 Å². The Hall–Kier alpha value is -1.36. The molecule has 5 heteroatoms. The molecule has 0 spiro atoms. The first-order valence-corrected chi connectivity index (χ1v) is 6.87. The van der Waals surface area contributed by atoms with Crippen molar-refractivity contribution in [3.63, 3.8) is 0 Å². The minimum absolute atomic E-state index is 0.0681. The van der Waals surface area contributed by atoms with Crippen LogP contribution in [0.5, 0.6) is 0 Å². The molecule has 0 amide bonds. The number of methoxy groups -OCH3 is 1. The molecule has 1 aliphatic rings. The summed E-state index contributed by atoms with van der Waals surface area (Å²) in [6.45, 7) is 4.79. The lowest BCUT2D eigenvalue weighted by atomic mass is 9.94. The van der Waals surface area contributed by atoms with Gasteiger partial charge in [-0.3, -0.25) is 4.79 Å². The molecule has 106 valence electrons. The summed E-state index contributed by atoms with van der Waals surface area (Å²) >= 11 is 0. The molecule has 0 aromatic carbocycles. The Labute approximate surface area is 113 Å². The largest absolute Gasteiger partial charge is 0.468 e. The fraction of sp³-hybridized carbons (Fsp3) is 0.714. The number of esters is 1. The van der Waals surface area contributed by atoms with Crippen LogP contribution in [0.4, 0.5) is 0 Å².